The molecule has 10 aromatic rings. The van der Waals surface area contributed by atoms with Crippen LogP contribution in [0.2, 0.25) is 0 Å². The number of para-hydroxylation sites is 4. The van der Waals surface area contributed by atoms with Gasteiger partial charge in [-0.1, -0.05) is 170 Å². The molecule has 6 nitrogen and oxygen atoms in total. The van der Waals surface area contributed by atoms with Gasteiger partial charge in [-0.3, -0.25) is 0 Å². The maximum absolute atomic E-state index is 7.25. The maximum atomic E-state index is 7.25. The number of hydrogen-bond donors (Lipinski definition) is 0. The lowest BCUT2D eigenvalue weighted by atomic mass is 9.76. The van der Waals surface area contributed by atoms with Crippen molar-refractivity contribution in [3.63, 3.8) is 0 Å². The molecule has 1 atom stereocenters. The number of anilines is 2. The average molecular weight is 795 g/mol. The van der Waals surface area contributed by atoms with E-state index in [0.29, 0.717) is 17.5 Å². The van der Waals surface area contributed by atoms with E-state index in [1.54, 1.807) is 0 Å². The third-order valence-electron chi connectivity index (χ3n) is 12.5. The van der Waals surface area contributed by atoms with E-state index in [2.05, 4.69) is 138 Å². The number of hydrogen-bond acceptors (Lipinski definition) is 6. The van der Waals surface area contributed by atoms with Crippen LogP contribution in [0.15, 0.2) is 216 Å². The van der Waals surface area contributed by atoms with E-state index >= 15 is 0 Å². The first-order valence-corrected chi connectivity index (χ1v) is 20.9. The van der Waals surface area contributed by atoms with Gasteiger partial charge in [-0.2, -0.15) is 0 Å². The third-order valence-corrected chi connectivity index (χ3v) is 12.5. The summed E-state index contributed by atoms with van der Waals surface area (Å²) in [5, 5.41) is 1.06. The molecule has 0 amide bonds. The largest absolute Gasteiger partial charge is 0.459 e. The standard InChI is InChI=1S/C56H34N4O2/c1-4-16-36(17-5-1)53-57-54(37-18-6-2-7-19-37)59-55(58-53)38-30-28-35(29-31-38)39-32-33-45-43(34-39)41-22-10-12-24-44(41)56(45)51-49(42-23-11-14-26-47(42)61-51)50-52(56)62-48-27-15-13-25-46(48)60(50)40-20-8-3-9-21-40/h1-34H. The summed E-state index contributed by atoms with van der Waals surface area (Å²) in [5.74, 6) is 4.43. The van der Waals surface area contributed by atoms with Crippen LogP contribution in [-0.2, 0) is 5.41 Å². The van der Waals surface area contributed by atoms with Gasteiger partial charge in [0.25, 0.3) is 0 Å². The van der Waals surface area contributed by atoms with Crippen LogP contribution < -0.4 is 9.64 Å². The van der Waals surface area contributed by atoms with Crippen molar-refractivity contribution in [3.05, 3.63) is 234 Å². The number of rotatable bonds is 5. The number of nitrogens with zero attached hydrogens (tertiary/aromatic N) is 4. The average Bonchev–Trinajstić information content (AvgIpc) is 3.97. The second kappa shape index (κ2) is 13.3. The summed E-state index contributed by atoms with van der Waals surface area (Å²) >= 11 is 0. The Balaban J connectivity index is 0.975. The van der Waals surface area contributed by atoms with Crippen LogP contribution in [0.5, 0.6) is 5.75 Å². The van der Waals surface area contributed by atoms with E-state index < -0.39 is 5.41 Å². The van der Waals surface area contributed by atoms with Gasteiger partial charge in [0.15, 0.2) is 29.0 Å². The highest BCUT2D eigenvalue weighted by Crippen LogP contribution is 2.66. The highest BCUT2D eigenvalue weighted by atomic mass is 16.5. The van der Waals surface area contributed by atoms with Gasteiger partial charge >= 0.3 is 0 Å². The van der Waals surface area contributed by atoms with Crippen molar-refractivity contribution in [1.29, 1.82) is 0 Å². The Morgan fingerprint density at radius 2 is 0.984 bits per heavy atom. The van der Waals surface area contributed by atoms with E-state index in [-0.39, 0.29) is 0 Å². The first-order valence-electron chi connectivity index (χ1n) is 20.9. The summed E-state index contributed by atoms with van der Waals surface area (Å²) in [7, 11) is 0. The molecule has 6 heteroatoms. The fourth-order valence-corrected chi connectivity index (χ4v) is 9.78. The zero-order valence-electron chi connectivity index (χ0n) is 33.2. The highest BCUT2D eigenvalue weighted by Gasteiger charge is 2.60. The summed E-state index contributed by atoms with van der Waals surface area (Å²) in [6.45, 7) is 0. The number of ether oxygens (including phenoxy) is 1. The Morgan fingerprint density at radius 3 is 1.71 bits per heavy atom. The Hall–Kier alpha value is -8.35. The molecule has 3 heterocycles. The molecule has 13 rings (SSSR count). The molecule has 1 aliphatic heterocycles. The van der Waals surface area contributed by atoms with E-state index in [0.717, 1.165) is 101 Å². The molecular weight excluding hydrogens is 761 g/mol. The van der Waals surface area contributed by atoms with Crippen LogP contribution in [0, 0.1) is 0 Å². The molecule has 62 heavy (non-hydrogen) atoms. The third kappa shape index (κ3) is 4.95. The quantitative estimate of drug-likeness (QED) is 0.173. The molecule has 2 aliphatic carbocycles. The van der Waals surface area contributed by atoms with Gasteiger partial charge in [0, 0.05) is 27.8 Å². The molecule has 0 fully saturated rings. The SMILES string of the molecule is c1ccc(-c2nc(-c3ccccc3)nc(-c3ccc(-c4ccc5c(c4)-c4ccccc4C54C5=C(c6c4oc4ccccc64)N(c4ccccc4)c4ccccc4O5)cc3)n2)cc1. The van der Waals surface area contributed by atoms with Crippen molar-refractivity contribution in [2.45, 2.75) is 5.41 Å². The number of allylic oxidation sites excluding steroid dienone is 1. The van der Waals surface area contributed by atoms with Crippen molar-refractivity contribution >= 4 is 28.0 Å². The summed E-state index contributed by atoms with van der Waals surface area (Å²) < 4.78 is 14.4. The van der Waals surface area contributed by atoms with E-state index in [1.165, 1.54) is 0 Å². The molecule has 8 aromatic carbocycles. The number of furan rings is 1. The number of fused-ring (bicyclic) bond motifs is 12. The van der Waals surface area contributed by atoms with Crippen LogP contribution in [0.3, 0.4) is 0 Å². The second-order valence-electron chi connectivity index (χ2n) is 15.9. The molecule has 290 valence electrons. The lowest BCUT2D eigenvalue weighted by Gasteiger charge is -2.36. The first kappa shape index (κ1) is 34.5. The molecule has 0 saturated carbocycles. The monoisotopic (exact) mass is 794 g/mol. The lowest BCUT2D eigenvalue weighted by molar-refractivity contribution is 0.346. The van der Waals surface area contributed by atoms with Crippen LogP contribution in [0.25, 0.3) is 73.1 Å². The van der Waals surface area contributed by atoms with Gasteiger partial charge in [-0.15, -0.1) is 0 Å². The Bertz CT molecular complexity index is 3380. The van der Waals surface area contributed by atoms with Crippen LogP contribution >= 0.6 is 0 Å². The first-order chi connectivity index (χ1) is 30.7. The lowest BCUT2D eigenvalue weighted by Crippen LogP contribution is -2.32. The maximum Gasteiger partial charge on any atom is 0.164 e. The minimum absolute atomic E-state index is 0.625. The molecule has 3 aliphatic rings. The van der Waals surface area contributed by atoms with Gasteiger partial charge in [0.2, 0.25) is 0 Å². The second-order valence-corrected chi connectivity index (χ2v) is 15.9. The van der Waals surface area contributed by atoms with Gasteiger partial charge in [0.1, 0.15) is 16.8 Å². The van der Waals surface area contributed by atoms with Crippen molar-refractivity contribution in [1.82, 2.24) is 15.0 Å². The highest BCUT2D eigenvalue weighted by molar-refractivity contribution is 6.08. The summed E-state index contributed by atoms with van der Waals surface area (Å²) in [6, 6.07) is 71.5. The number of benzene rings is 8. The van der Waals surface area contributed by atoms with Gasteiger partial charge in [-0.25, -0.2) is 15.0 Å². The Morgan fingerprint density at radius 1 is 0.435 bits per heavy atom. The van der Waals surface area contributed by atoms with Gasteiger partial charge in [-0.05, 0) is 69.8 Å². The molecule has 0 N–H and O–H groups in total. The van der Waals surface area contributed by atoms with Crippen molar-refractivity contribution < 1.29 is 9.15 Å². The topological polar surface area (TPSA) is 64.3 Å². The summed E-state index contributed by atoms with van der Waals surface area (Å²) in [5.41, 5.74) is 13.7. The van der Waals surface area contributed by atoms with Crippen molar-refractivity contribution in [3.8, 4) is 62.2 Å². The zero-order chi connectivity index (χ0) is 40.8. The molecule has 0 bridgehead atoms. The van der Waals surface area contributed by atoms with Crippen LogP contribution in [0.1, 0.15) is 22.5 Å². The van der Waals surface area contributed by atoms with Crippen molar-refractivity contribution in [2.24, 2.45) is 0 Å². The van der Waals surface area contributed by atoms with Crippen LogP contribution in [0.4, 0.5) is 11.4 Å². The van der Waals surface area contributed by atoms with E-state index in [1.807, 2.05) is 72.8 Å². The molecular formula is C56H34N4O2. The molecule has 0 radical (unpaired) electrons. The fourth-order valence-electron chi connectivity index (χ4n) is 9.78. The van der Waals surface area contributed by atoms with Crippen LogP contribution in [-0.4, -0.2) is 15.0 Å². The predicted molar refractivity (Wildman–Crippen MR) is 246 cm³/mol. The Labute approximate surface area is 357 Å². The zero-order valence-corrected chi connectivity index (χ0v) is 33.2. The normalized spacial score (nSPS) is 15.5. The summed E-state index contributed by atoms with van der Waals surface area (Å²) in [4.78, 5) is 17.2. The van der Waals surface area contributed by atoms with E-state index in [4.69, 9.17) is 24.1 Å². The van der Waals surface area contributed by atoms with E-state index in [9.17, 15) is 0 Å². The van der Waals surface area contributed by atoms with Gasteiger partial charge in [0.05, 0.1) is 16.9 Å². The molecule has 0 saturated heterocycles. The number of aromatic nitrogens is 3. The molecule has 2 aromatic heterocycles. The Kier molecular flexibility index (Phi) is 7.42. The predicted octanol–water partition coefficient (Wildman–Crippen LogP) is 13.5. The molecule has 1 spiro atoms. The molecule has 1 unspecified atom stereocenters. The van der Waals surface area contributed by atoms with Crippen molar-refractivity contribution in [2.75, 3.05) is 4.90 Å². The summed E-state index contributed by atoms with van der Waals surface area (Å²) in [6.07, 6.45) is 0. The fraction of sp³-hybridized carbons (Fsp3) is 0.0179. The minimum atomic E-state index is -0.843. The minimum Gasteiger partial charge on any atom is -0.459 e. The van der Waals surface area contributed by atoms with Gasteiger partial charge < -0.3 is 14.1 Å². The smallest absolute Gasteiger partial charge is 0.164 e.